The third-order valence-corrected chi connectivity index (χ3v) is 5.08. The fourth-order valence-electron chi connectivity index (χ4n) is 3.87. The van der Waals surface area contributed by atoms with E-state index in [1.54, 1.807) is 0 Å². The van der Waals surface area contributed by atoms with E-state index in [0.717, 1.165) is 28.3 Å². The summed E-state index contributed by atoms with van der Waals surface area (Å²) in [5, 5.41) is 3.05. The van der Waals surface area contributed by atoms with Gasteiger partial charge < -0.3 is 9.88 Å². The Balaban J connectivity index is 1.66. The predicted octanol–water partition coefficient (Wildman–Crippen LogP) is 5.62. The number of rotatable bonds is 2. The molecule has 4 nitrogen and oxygen atoms in total. The highest BCUT2D eigenvalue weighted by Gasteiger charge is 2.35. The number of hydrogen-bond acceptors (Lipinski definition) is 1. The van der Waals surface area contributed by atoms with Crippen LogP contribution in [0.4, 0.5) is 16.2 Å². The summed E-state index contributed by atoms with van der Waals surface area (Å²) >= 11 is 0. The Kier molecular flexibility index (Phi) is 3.95. The lowest BCUT2D eigenvalue weighted by Crippen LogP contribution is -2.42. The molecule has 2 heterocycles. The van der Waals surface area contributed by atoms with Gasteiger partial charge in [-0.3, -0.25) is 4.90 Å². The van der Waals surface area contributed by atoms with Crippen LogP contribution in [-0.4, -0.2) is 10.6 Å². The van der Waals surface area contributed by atoms with Crippen molar-refractivity contribution in [3.8, 4) is 5.69 Å². The molecule has 4 heteroatoms. The minimum atomic E-state index is -0.213. The summed E-state index contributed by atoms with van der Waals surface area (Å²) in [4.78, 5) is 15.3. The van der Waals surface area contributed by atoms with Crippen molar-refractivity contribution < 1.29 is 4.79 Å². The molecule has 136 valence electrons. The SMILES string of the molecule is O=C(Nc1ccccc1)N1c2ccccc2-n2cccc2C1c1ccccc1. The number of para-hydroxylation sites is 3. The molecule has 0 bridgehead atoms. The molecule has 4 aromatic rings. The average molecular weight is 365 g/mol. The lowest BCUT2D eigenvalue weighted by Gasteiger charge is -2.38. The maximum atomic E-state index is 13.5. The normalized spacial score (nSPS) is 14.9. The molecule has 2 amide bonds. The van der Waals surface area contributed by atoms with Crippen LogP contribution in [0.15, 0.2) is 103 Å². The molecule has 3 aromatic carbocycles. The van der Waals surface area contributed by atoms with Gasteiger partial charge in [-0.2, -0.15) is 0 Å². The van der Waals surface area contributed by atoms with Crippen molar-refractivity contribution in [1.29, 1.82) is 0 Å². The number of urea groups is 1. The molecule has 1 unspecified atom stereocenters. The molecule has 0 fully saturated rings. The van der Waals surface area contributed by atoms with E-state index in [4.69, 9.17) is 0 Å². The van der Waals surface area contributed by atoms with E-state index in [2.05, 4.69) is 34.3 Å². The van der Waals surface area contributed by atoms with Gasteiger partial charge in [-0.05, 0) is 42.0 Å². The van der Waals surface area contributed by atoms with Gasteiger partial charge in [-0.25, -0.2) is 4.79 Å². The van der Waals surface area contributed by atoms with Gasteiger partial charge in [-0.1, -0.05) is 60.7 Å². The van der Waals surface area contributed by atoms with E-state index >= 15 is 0 Å². The van der Waals surface area contributed by atoms with Crippen molar-refractivity contribution >= 4 is 17.4 Å². The number of benzene rings is 3. The summed E-state index contributed by atoms with van der Waals surface area (Å²) in [6.45, 7) is 0. The number of amides is 2. The van der Waals surface area contributed by atoms with Crippen molar-refractivity contribution in [3.63, 3.8) is 0 Å². The van der Waals surface area contributed by atoms with Gasteiger partial charge in [0, 0.05) is 11.9 Å². The van der Waals surface area contributed by atoms with Gasteiger partial charge in [0.1, 0.15) is 6.04 Å². The quantitative estimate of drug-likeness (QED) is 0.492. The highest BCUT2D eigenvalue weighted by atomic mass is 16.2. The van der Waals surface area contributed by atoms with E-state index in [1.165, 1.54) is 0 Å². The molecule has 28 heavy (non-hydrogen) atoms. The van der Waals surface area contributed by atoms with Gasteiger partial charge in [0.25, 0.3) is 0 Å². The van der Waals surface area contributed by atoms with Crippen molar-refractivity contribution in [2.24, 2.45) is 0 Å². The maximum Gasteiger partial charge on any atom is 0.327 e. The molecule has 5 rings (SSSR count). The Morgan fingerprint density at radius 1 is 0.714 bits per heavy atom. The van der Waals surface area contributed by atoms with Crippen LogP contribution in [0.1, 0.15) is 17.3 Å². The molecule has 0 spiro atoms. The standard InChI is InChI=1S/C24H19N3O/c28-24(25-19-12-5-2-6-13-19)27-21-15-8-7-14-20(21)26-17-9-16-22(26)23(27)18-10-3-1-4-11-18/h1-17,23H,(H,25,28). The van der Waals surface area contributed by atoms with Crippen LogP contribution in [0.5, 0.6) is 0 Å². The number of hydrogen-bond donors (Lipinski definition) is 1. The first-order valence-electron chi connectivity index (χ1n) is 9.30. The molecule has 1 aliphatic heterocycles. The first-order chi connectivity index (χ1) is 13.8. The number of anilines is 2. The van der Waals surface area contributed by atoms with Gasteiger partial charge in [0.05, 0.1) is 17.1 Å². The number of fused-ring (bicyclic) bond motifs is 3. The van der Waals surface area contributed by atoms with Crippen molar-refractivity contribution in [2.45, 2.75) is 6.04 Å². The molecule has 0 saturated heterocycles. The fraction of sp³-hybridized carbons (Fsp3) is 0.0417. The van der Waals surface area contributed by atoms with E-state index in [9.17, 15) is 4.79 Å². The minimum Gasteiger partial charge on any atom is -0.316 e. The van der Waals surface area contributed by atoms with Crippen LogP contribution in [0.3, 0.4) is 0 Å². The van der Waals surface area contributed by atoms with Crippen LogP contribution in [0.2, 0.25) is 0 Å². The van der Waals surface area contributed by atoms with Gasteiger partial charge in [-0.15, -0.1) is 0 Å². The number of nitrogens with one attached hydrogen (secondary N) is 1. The molecule has 0 saturated carbocycles. The second-order valence-electron chi connectivity index (χ2n) is 6.77. The highest BCUT2D eigenvalue weighted by Crippen LogP contribution is 2.42. The first-order valence-corrected chi connectivity index (χ1v) is 9.30. The largest absolute Gasteiger partial charge is 0.327 e. The molecule has 1 atom stereocenters. The lowest BCUT2D eigenvalue weighted by molar-refractivity contribution is 0.255. The average Bonchev–Trinajstić information content (AvgIpc) is 3.24. The number of carbonyl (C=O) groups excluding carboxylic acids is 1. The van der Waals surface area contributed by atoms with Crippen molar-refractivity contribution in [3.05, 3.63) is 115 Å². The topological polar surface area (TPSA) is 37.3 Å². The number of carbonyl (C=O) groups is 1. The number of aromatic nitrogens is 1. The summed E-state index contributed by atoms with van der Waals surface area (Å²) in [6, 6.07) is 31.5. The first kappa shape index (κ1) is 16.4. The van der Waals surface area contributed by atoms with E-state index in [-0.39, 0.29) is 12.1 Å². The smallest absolute Gasteiger partial charge is 0.316 e. The van der Waals surface area contributed by atoms with Crippen molar-refractivity contribution in [2.75, 3.05) is 10.2 Å². The second-order valence-corrected chi connectivity index (χ2v) is 6.77. The molecule has 1 aromatic heterocycles. The third-order valence-electron chi connectivity index (χ3n) is 5.08. The van der Waals surface area contributed by atoms with Crippen LogP contribution in [-0.2, 0) is 0 Å². The van der Waals surface area contributed by atoms with Gasteiger partial charge >= 0.3 is 6.03 Å². The number of nitrogens with zero attached hydrogens (tertiary/aromatic N) is 2. The van der Waals surface area contributed by atoms with Gasteiger partial charge in [0.2, 0.25) is 0 Å². The molecule has 1 N–H and O–H groups in total. The Bertz CT molecular complexity index is 1120. The van der Waals surface area contributed by atoms with E-state index < -0.39 is 0 Å². The van der Waals surface area contributed by atoms with Crippen LogP contribution < -0.4 is 10.2 Å². The summed E-state index contributed by atoms with van der Waals surface area (Å²) in [7, 11) is 0. The highest BCUT2D eigenvalue weighted by molar-refractivity contribution is 6.04. The summed E-state index contributed by atoms with van der Waals surface area (Å²) in [5.41, 5.74) is 4.79. The van der Waals surface area contributed by atoms with Crippen LogP contribution >= 0.6 is 0 Å². The summed E-state index contributed by atoms with van der Waals surface area (Å²) < 4.78 is 2.17. The predicted molar refractivity (Wildman–Crippen MR) is 112 cm³/mol. The zero-order valence-electron chi connectivity index (χ0n) is 15.2. The van der Waals surface area contributed by atoms with Crippen molar-refractivity contribution in [1.82, 2.24) is 4.57 Å². The van der Waals surface area contributed by atoms with Gasteiger partial charge in [0.15, 0.2) is 0 Å². The zero-order chi connectivity index (χ0) is 18.9. The molecule has 0 aliphatic carbocycles. The molecule has 0 radical (unpaired) electrons. The van der Waals surface area contributed by atoms with E-state index in [0.29, 0.717) is 0 Å². The van der Waals surface area contributed by atoms with Crippen LogP contribution in [0.25, 0.3) is 5.69 Å². The Morgan fingerprint density at radius 3 is 2.11 bits per heavy atom. The Labute approximate surface area is 163 Å². The lowest BCUT2D eigenvalue weighted by atomic mass is 9.98. The van der Waals surface area contributed by atoms with E-state index in [1.807, 2.05) is 83.8 Å². The molecular weight excluding hydrogens is 346 g/mol. The second kappa shape index (κ2) is 6.74. The Hall–Kier alpha value is -3.79. The van der Waals surface area contributed by atoms with Crippen LogP contribution in [0, 0.1) is 0 Å². The fourth-order valence-corrected chi connectivity index (χ4v) is 3.87. The minimum absolute atomic E-state index is 0.153. The maximum absolute atomic E-state index is 13.5. The Morgan fingerprint density at radius 2 is 1.36 bits per heavy atom. The molecular formula is C24H19N3O. The molecule has 1 aliphatic rings. The third kappa shape index (κ3) is 2.67. The monoisotopic (exact) mass is 365 g/mol. The zero-order valence-corrected chi connectivity index (χ0v) is 15.2. The summed E-state index contributed by atoms with van der Waals surface area (Å²) in [6.07, 6.45) is 2.05. The summed E-state index contributed by atoms with van der Waals surface area (Å²) in [5.74, 6) is 0.